The van der Waals surface area contributed by atoms with Gasteiger partial charge in [-0.25, -0.2) is 0 Å². The molecule has 3 rings (SSSR count). The molecule has 1 saturated carbocycles. The van der Waals surface area contributed by atoms with Crippen LogP contribution in [0.25, 0.3) is 0 Å². The van der Waals surface area contributed by atoms with E-state index in [1.54, 1.807) is 0 Å². The Morgan fingerprint density at radius 2 is 2.28 bits per heavy atom. The van der Waals surface area contributed by atoms with Crippen LogP contribution in [0.1, 0.15) is 43.9 Å². The topological polar surface area (TPSA) is 80.0 Å². The highest BCUT2D eigenvalue weighted by Crippen LogP contribution is 2.39. The average Bonchev–Trinajstić information content (AvgIpc) is 3.12. The molecule has 0 spiro atoms. The zero-order valence-corrected chi connectivity index (χ0v) is 10.3. The van der Waals surface area contributed by atoms with Crippen LogP contribution in [0.5, 0.6) is 0 Å². The van der Waals surface area contributed by atoms with E-state index in [4.69, 9.17) is 4.42 Å². The summed E-state index contributed by atoms with van der Waals surface area (Å²) in [5, 5.41) is 13.8. The van der Waals surface area contributed by atoms with E-state index in [1.807, 2.05) is 0 Å². The first-order valence-corrected chi connectivity index (χ1v) is 6.65. The summed E-state index contributed by atoms with van der Waals surface area (Å²) in [5.41, 5.74) is 0. The molecule has 6 nitrogen and oxygen atoms in total. The Bertz CT molecular complexity index is 421. The summed E-state index contributed by atoms with van der Waals surface area (Å²) in [5.74, 6) is 1.47. The molecule has 0 radical (unpaired) electrons. The fourth-order valence-electron chi connectivity index (χ4n) is 2.31. The van der Waals surface area contributed by atoms with Crippen molar-refractivity contribution in [2.75, 3.05) is 18.4 Å². The molecule has 18 heavy (non-hydrogen) atoms. The largest absolute Gasteiger partial charge is 0.408 e. The first-order chi connectivity index (χ1) is 8.81. The molecule has 2 fully saturated rings. The number of rotatable bonds is 4. The molecule has 1 aliphatic heterocycles. The number of anilines is 1. The van der Waals surface area contributed by atoms with E-state index in [0.717, 1.165) is 38.8 Å². The molecule has 2 N–H and O–H groups in total. The summed E-state index contributed by atoms with van der Waals surface area (Å²) >= 11 is 0. The maximum Gasteiger partial charge on any atom is 0.322 e. The third-order valence-corrected chi connectivity index (χ3v) is 3.49. The molecule has 1 amide bonds. The predicted molar refractivity (Wildman–Crippen MR) is 65.1 cm³/mol. The molecule has 0 bridgehead atoms. The molecule has 2 aliphatic rings. The molecule has 1 aromatic heterocycles. The number of nitrogens with one attached hydrogen (secondary N) is 2. The second-order valence-electron chi connectivity index (χ2n) is 5.18. The molecule has 1 unspecified atom stereocenters. The summed E-state index contributed by atoms with van der Waals surface area (Å²) in [6, 6.07) is 0.241. The van der Waals surface area contributed by atoms with Gasteiger partial charge in [-0.05, 0) is 44.7 Å². The zero-order chi connectivity index (χ0) is 12.4. The second-order valence-corrected chi connectivity index (χ2v) is 5.18. The first-order valence-electron chi connectivity index (χ1n) is 6.65. The van der Waals surface area contributed by atoms with Crippen LogP contribution in [0.3, 0.4) is 0 Å². The highest BCUT2D eigenvalue weighted by atomic mass is 16.4. The van der Waals surface area contributed by atoms with E-state index in [2.05, 4.69) is 20.8 Å². The maximum absolute atomic E-state index is 11.8. The van der Waals surface area contributed by atoms with Gasteiger partial charge in [-0.2, -0.15) is 0 Å². The lowest BCUT2D eigenvalue weighted by Crippen LogP contribution is -2.32. The number of amides is 1. The minimum atomic E-state index is -0.0327. The molecule has 1 aliphatic carbocycles. The third-order valence-electron chi connectivity index (χ3n) is 3.49. The van der Waals surface area contributed by atoms with Crippen molar-refractivity contribution in [2.45, 2.75) is 38.0 Å². The van der Waals surface area contributed by atoms with Crippen LogP contribution < -0.4 is 10.6 Å². The Hall–Kier alpha value is -1.43. The number of carbonyl (C=O) groups excluding carboxylic acids is 1. The van der Waals surface area contributed by atoms with E-state index >= 15 is 0 Å². The number of carbonyl (C=O) groups is 1. The van der Waals surface area contributed by atoms with Gasteiger partial charge in [-0.1, -0.05) is 5.10 Å². The van der Waals surface area contributed by atoms with Gasteiger partial charge >= 0.3 is 6.01 Å². The lowest BCUT2D eigenvalue weighted by Gasteiger charge is -2.21. The van der Waals surface area contributed by atoms with Gasteiger partial charge < -0.3 is 9.73 Å². The molecule has 6 heteroatoms. The van der Waals surface area contributed by atoms with Crippen LogP contribution in [0.15, 0.2) is 4.42 Å². The van der Waals surface area contributed by atoms with Crippen molar-refractivity contribution in [2.24, 2.45) is 5.92 Å². The van der Waals surface area contributed by atoms with E-state index in [0.29, 0.717) is 24.1 Å². The summed E-state index contributed by atoms with van der Waals surface area (Å²) in [6.45, 7) is 1.98. The minimum Gasteiger partial charge on any atom is -0.408 e. The highest BCUT2D eigenvalue weighted by Gasteiger charge is 2.29. The fourth-order valence-corrected chi connectivity index (χ4v) is 2.31. The van der Waals surface area contributed by atoms with Crippen LogP contribution in [0.4, 0.5) is 6.01 Å². The second kappa shape index (κ2) is 5.06. The number of piperidine rings is 1. The molecular weight excluding hydrogens is 232 g/mol. The Morgan fingerprint density at radius 3 is 3.00 bits per heavy atom. The van der Waals surface area contributed by atoms with Crippen molar-refractivity contribution < 1.29 is 9.21 Å². The Balaban J connectivity index is 1.49. The lowest BCUT2D eigenvalue weighted by atomic mass is 9.96. The molecule has 1 saturated heterocycles. The van der Waals surface area contributed by atoms with Gasteiger partial charge in [0.15, 0.2) is 0 Å². The van der Waals surface area contributed by atoms with Gasteiger partial charge in [-0.3, -0.25) is 10.1 Å². The van der Waals surface area contributed by atoms with Crippen molar-refractivity contribution in [1.29, 1.82) is 0 Å². The van der Waals surface area contributed by atoms with Crippen molar-refractivity contribution in [1.82, 2.24) is 15.5 Å². The summed E-state index contributed by atoms with van der Waals surface area (Å²) in [7, 11) is 0. The quantitative estimate of drug-likeness (QED) is 0.841. The SMILES string of the molecule is O=C(CC1CCCNC1)Nc1nnc(C2CC2)o1. The molecule has 0 aromatic carbocycles. The van der Waals surface area contributed by atoms with Gasteiger partial charge in [0.25, 0.3) is 0 Å². The summed E-state index contributed by atoms with van der Waals surface area (Å²) in [4.78, 5) is 11.8. The molecule has 1 aromatic rings. The average molecular weight is 250 g/mol. The Morgan fingerprint density at radius 1 is 1.39 bits per heavy atom. The van der Waals surface area contributed by atoms with Crippen molar-refractivity contribution in [3.8, 4) is 0 Å². The van der Waals surface area contributed by atoms with Crippen molar-refractivity contribution >= 4 is 11.9 Å². The van der Waals surface area contributed by atoms with Crippen LogP contribution in [0, 0.1) is 5.92 Å². The molecular formula is C12H18N4O2. The smallest absolute Gasteiger partial charge is 0.322 e. The molecule has 98 valence electrons. The predicted octanol–water partition coefficient (Wildman–Crippen LogP) is 1.28. The minimum absolute atomic E-state index is 0.0327. The first kappa shape index (κ1) is 11.6. The summed E-state index contributed by atoms with van der Waals surface area (Å²) < 4.78 is 5.40. The fraction of sp³-hybridized carbons (Fsp3) is 0.750. The monoisotopic (exact) mass is 250 g/mol. The van der Waals surface area contributed by atoms with E-state index in [9.17, 15) is 4.79 Å². The molecule has 1 atom stereocenters. The van der Waals surface area contributed by atoms with E-state index in [1.165, 1.54) is 0 Å². The number of aromatic nitrogens is 2. The normalized spacial score (nSPS) is 23.9. The third kappa shape index (κ3) is 2.87. The van der Waals surface area contributed by atoms with Gasteiger partial charge in [0, 0.05) is 12.3 Å². The lowest BCUT2D eigenvalue weighted by molar-refractivity contribution is -0.117. The summed E-state index contributed by atoms with van der Waals surface area (Å²) in [6.07, 6.45) is 5.00. The van der Waals surface area contributed by atoms with Crippen LogP contribution in [0.2, 0.25) is 0 Å². The van der Waals surface area contributed by atoms with Crippen LogP contribution in [-0.4, -0.2) is 29.2 Å². The highest BCUT2D eigenvalue weighted by molar-refractivity contribution is 5.88. The van der Waals surface area contributed by atoms with Crippen molar-refractivity contribution in [3.63, 3.8) is 0 Å². The van der Waals surface area contributed by atoms with Gasteiger partial charge in [0.1, 0.15) is 0 Å². The molecule has 2 heterocycles. The van der Waals surface area contributed by atoms with Crippen LogP contribution >= 0.6 is 0 Å². The number of hydrogen-bond acceptors (Lipinski definition) is 5. The number of hydrogen-bond donors (Lipinski definition) is 2. The standard InChI is InChI=1S/C12H18N4O2/c17-10(6-8-2-1-5-13-7-8)14-12-16-15-11(18-12)9-3-4-9/h8-9,13H,1-7H2,(H,14,16,17). The van der Waals surface area contributed by atoms with Crippen molar-refractivity contribution in [3.05, 3.63) is 5.89 Å². The Labute approximate surface area is 106 Å². The Kier molecular flexibility index (Phi) is 3.27. The van der Waals surface area contributed by atoms with E-state index < -0.39 is 0 Å². The number of nitrogens with zero attached hydrogens (tertiary/aromatic N) is 2. The van der Waals surface area contributed by atoms with E-state index in [-0.39, 0.29) is 11.9 Å². The van der Waals surface area contributed by atoms with Gasteiger partial charge in [0.05, 0.1) is 0 Å². The van der Waals surface area contributed by atoms with Gasteiger partial charge in [0.2, 0.25) is 11.8 Å². The van der Waals surface area contributed by atoms with Gasteiger partial charge in [-0.15, -0.1) is 5.10 Å². The zero-order valence-electron chi connectivity index (χ0n) is 10.3. The van der Waals surface area contributed by atoms with Crippen LogP contribution in [-0.2, 0) is 4.79 Å². The maximum atomic E-state index is 11.8.